The minimum atomic E-state index is 0.746. The summed E-state index contributed by atoms with van der Waals surface area (Å²) in [5.41, 5.74) is 2.33. The highest BCUT2D eigenvalue weighted by atomic mass is 16.5. The van der Waals surface area contributed by atoms with Gasteiger partial charge < -0.3 is 25.4 Å². The fourth-order valence-electron chi connectivity index (χ4n) is 2.67. The van der Waals surface area contributed by atoms with Crippen molar-refractivity contribution in [1.82, 2.24) is 10.6 Å². The van der Waals surface area contributed by atoms with Gasteiger partial charge in [0.2, 0.25) is 0 Å². The largest absolute Gasteiger partial charge is 0.493 e. The lowest BCUT2D eigenvalue weighted by atomic mass is 10.1. The molecule has 2 aromatic rings. The Morgan fingerprint density at radius 2 is 1.63 bits per heavy atom. The van der Waals surface area contributed by atoms with Gasteiger partial charge in [-0.2, -0.15) is 0 Å². The maximum atomic E-state index is 5.35. The first-order valence-corrected chi connectivity index (χ1v) is 9.21. The summed E-state index contributed by atoms with van der Waals surface area (Å²) in [6.45, 7) is 2.56. The second-order valence-corrected chi connectivity index (χ2v) is 6.01. The molecule has 0 aliphatic heterocycles. The quantitative estimate of drug-likeness (QED) is 0.341. The summed E-state index contributed by atoms with van der Waals surface area (Å²) in [5.74, 6) is 2.31. The van der Waals surface area contributed by atoms with Gasteiger partial charge in [-0.05, 0) is 42.7 Å². The third kappa shape index (κ3) is 7.09. The van der Waals surface area contributed by atoms with Crippen LogP contribution in [-0.2, 0) is 6.42 Å². The van der Waals surface area contributed by atoms with Crippen LogP contribution in [0, 0.1) is 0 Å². The van der Waals surface area contributed by atoms with Gasteiger partial charge in [0.05, 0.1) is 14.2 Å². The Morgan fingerprint density at radius 3 is 2.33 bits per heavy atom. The molecule has 6 nitrogen and oxygen atoms in total. The van der Waals surface area contributed by atoms with E-state index in [1.54, 1.807) is 21.3 Å². The molecule has 0 bridgehead atoms. The van der Waals surface area contributed by atoms with Crippen molar-refractivity contribution >= 4 is 11.6 Å². The summed E-state index contributed by atoms with van der Waals surface area (Å²) in [6.07, 6.45) is 1.88. The van der Waals surface area contributed by atoms with Crippen LogP contribution in [0.15, 0.2) is 53.5 Å². The third-order valence-corrected chi connectivity index (χ3v) is 4.13. The molecule has 2 aromatic carbocycles. The number of benzene rings is 2. The Bertz CT molecular complexity index is 705. The zero-order valence-electron chi connectivity index (χ0n) is 16.4. The fourth-order valence-corrected chi connectivity index (χ4v) is 2.67. The predicted octanol–water partition coefficient (Wildman–Crippen LogP) is 2.91. The number of hydrogen-bond acceptors (Lipinski definition) is 4. The average Bonchev–Trinajstić information content (AvgIpc) is 2.72. The van der Waals surface area contributed by atoms with Crippen LogP contribution in [0.1, 0.15) is 12.0 Å². The van der Waals surface area contributed by atoms with Gasteiger partial charge in [-0.3, -0.25) is 4.99 Å². The normalized spacial score (nSPS) is 11.0. The van der Waals surface area contributed by atoms with Crippen LogP contribution >= 0.6 is 0 Å². The molecule has 3 N–H and O–H groups in total. The van der Waals surface area contributed by atoms with Crippen molar-refractivity contribution < 1.29 is 9.47 Å². The lowest BCUT2D eigenvalue weighted by molar-refractivity contribution is 0.354. The summed E-state index contributed by atoms with van der Waals surface area (Å²) in [5, 5.41) is 10.1. The maximum absolute atomic E-state index is 5.35. The van der Waals surface area contributed by atoms with Crippen LogP contribution in [0.5, 0.6) is 11.5 Å². The van der Waals surface area contributed by atoms with Gasteiger partial charge in [0.15, 0.2) is 17.5 Å². The zero-order valence-corrected chi connectivity index (χ0v) is 16.4. The molecule has 27 heavy (non-hydrogen) atoms. The molecule has 0 fully saturated rings. The van der Waals surface area contributed by atoms with E-state index in [9.17, 15) is 0 Å². The Hall–Kier alpha value is -2.89. The van der Waals surface area contributed by atoms with E-state index in [1.807, 2.05) is 30.3 Å². The number of rotatable bonds is 10. The van der Waals surface area contributed by atoms with Gasteiger partial charge in [-0.1, -0.05) is 24.3 Å². The molecular weight excluding hydrogens is 340 g/mol. The summed E-state index contributed by atoms with van der Waals surface area (Å²) >= 11 is 0. The monoisotopic (exact) mass is 370 g/mol. The molecule has 0 radical (unpaired) electrons. The van der Waals surface area contributed by atoms with E-state index in [1.165, 1.54) is 5.56 Å². The van der Waals surface area contributed by atoms with Gasteiger partial charge in [0.25, 0.3) is 0 Å². The number of hydrogen-bond donors (Lipinski definition) is 3. The second-order valence-electron chi connectivity index (χ2n) is 6.01. The number of nitrogens with zero attached hydrogens (tertiary/aromatic N) is 1. The first-order valence-electron chi connectivity index (χ1n) is 9.21. The van der Waals surface area contributed by atoms with Crippen LogP contribution in [0.2, 0.25) is 0 Å². The summed E-state index contributed by atoms with van der Waals surface area (Å²) < 4.78 is 10.6. The molecule has 0 heterocycles. The minimum absolute atomic E-state index is 0.746. The summed E-state index contributed by atoms with van der Waals surface area (Å²) in [4.78, 5) is 4.27. The van der Waals surface area contributed by atoms with Gasteiger partial charge in [-0.25, -0.2) is 0 Å². The molecule has 0 saturated heterocycles. The predicted molar refractivity (Wildman–Crippen MR) is 112 cm³/mol. The van der Waals surface area contributed by atoms with E-state index >= 15 is 0 Å². The standard InChI is InChI=1S/C21H30N4O2/c1-22-21(24-14-7-13-23-18-8-5-4-6-9-18)25-15-12-17-10-11-19(26-2)20(16-17)27-3/h4-6,8-11,16,23H,7,12-15H2,1-3H3,(H2,22,24,25). The molecule has 146 valence electrons. The van der Waals surface area contributed by atoms with Crippen molar-refractivity contribution in [3.05, 3.63) is 54.1 Å². The Morgan fingerprint density at radius 1 is 0.889 bits per heavy atom. The zero-order chi connectivity index (χ0) is 19.3. The van der Waals surface area contributed by atoms with E-state index < -0.39 is 0 Å². The van der Waals surface area contributed by atoms with Crippen molar-refractivity contribution in [2.24, 2.45) is 4.99 Å². The van der Waals surface area contributed by atoms with Crippen molar-refractivity contribution in [3.8, 4) is 11.5 Å². The number of para-hydroxylation sites is 1. The molecular formula is C21H30N4O2. The minimum Gasteiger partial charge on any atom is -0.493 e. The fraction of sp³-hybridized carbons (Fsp3) is 0.381. The van der Waals surface area contributed by atoms with Crippen LogP contribution < -0.4 is 25.4 Å². The average molecular weight is 370 g/mol. The number of nitrogens with one attached hydrogen (secondary N) is 3. The highest BCUT2D eigenvalue weighted by Gasteiger charge is 2.05. The van der Waals surface area contributed by atoms with E-state index in [2.05, 4.69) is 39.1 Å². The van der Waals surface area contributed by atoms with Crippen LogP contribution in [0.25, 0.3) is 0 Å². The highest BCUT2D eigenvalue weighted by Crippen LogP contribution is 2.27. The Labute approximate surface area is 162 Å². The SMILES string of the molecule is CN=C(NCCCNc1ccccc1)NCCc1ccc(OC)c(OC)c1. The smallest absolute Gasteiger partial charge is 0.190 e. The second kappa shape index (κ2) is 11.7. The Kier molecular flexibility index (Phi) is 8.83. The third-order valence-electron chi connectivity index (χ3n) is 4.13. The van der Waals surface area contributed by atoms with E-state index in [-0.39, 0.29) is 0 Å². The lowest BCUT2D eigenvalue weighted by Crippen LogP contribution is -2.39. The highest BCUT2D eigenvalue weighted by molar-refractivity contribution is 5.79. The molecule has 0 atom stereocenters. The van der Waals surface area contributed by atoms with Crippen LogP contribution in [-0.4, -0.2) is 46.9 Å². The van der Waals surface area contributed by atoms with Gasteiger partial charge >= 0.3 is 0 Å². The van der Waals surface area contributed by atoms with E-state index in [0.717, 1.165) is 55.6 Å². The molecule has 0 aromatic heterocycles. The van der Waals surface area contributed by atoms with Crippen molar-refractivity contribution in [2.75, 3.05) is 46.2 Å². The summed E-state index contributed by atoms with van der Waals surface area (Å²) in [7, 11) is 5.08. The van der Waals surface area contributed by atoms with Gasteiger partial charge in [0.1, 0.15) is 0 Å². The topological polar surface area (TPSA) is 66.9 Å². The Balaban J connectivity index is 1.65. The number of aliphatic imine (C=N–C) groups is 1. The maximum Gasteiger partial charge on any atom is 0.190 e. The molecule has 0 saturated carbocycles. The van der Waals surface area contributed by atoms with Crippen molar-refractivity contribution in [2.45, 2.75) is 12.8 Å². The first-order chi connectivity index (χ1) is 13.3. The van der Waals surface area contributed by atoms with Gasteiger partial charge in [0, 0.05) is 32.4 Å². The van der Waals surface area contributed by atoms with Crippen LogP contribution in [0.3, 0.4) is 0 Å². The van der Waals surface area contributed by atoms with Gasteiger partial charge in [-0.15, -0.1) is 0 Å². The number of ether oxygens (including phenoxy) is 2. The van der Waals surface area contributed by atoms with Crippen LogP contribution in [0.4, 0.5) is 5.69 Å². The molecule has 0 spiro atoms. The number of methoxy groups -OCH3 is 2. The van der Waals surface area contributed by atoms with E-state index in [4.69, 9.17) is 9.47 Å². The van der Waals surface area contributed by atoms with Crippen molar-refractivity contribution in [3.63, 3.8) is 0 Å². The molecule has 2 rings (SSSR count). The molecule has 6 heteroatoms. The first kappa shape index (κ1) is 20.4. The lowest BCUT2D eigenvalue weighted by Gasteiger charge is -2.13. The van der Waals surface area contributed by atoms with E-state index in [0.29, 0.717) is 0 Å². The number of anilines is 1. The summed E-state index contributed by atoms with van der Waals surface area (Å²) in [6, 6.07) is 16.2. The molecule has 0 aliphatic carbocycles. The number of guanidine groups is 1. The molecule has 0 amide bonds. The molecule has 0 aliphatic rings. The van der Waals surface area contributed by atoms with Crippen molar-refractivity contribution in [1.29, 1.82) is 0 Å². The molecule has 0 unspecified atom stereocenters.